The summed E-state index contributed by atoms with van der Waals surface area (Å²) in [5.74, 6) is 0. The molecule has 3 heterocycles. The highest BCUT2D eigenvalue weighted by atomic mass is 79.9. The first-order valence-corrected chi connectivity index (χ1v) is 31.8. The van der Waals surface area contributed by atoms with Gasteiger partial charge in [-0.05, 0) is 134 Å². The molecule has 0 atom stereocenters. The van der Waals surface area contributed by atoms with E-state index in [0.29, 0.717) is 0 Å². The van der Waals surface area contributed by atoms with Gasteiger partial charge in [-0.1, -0.05) is 221 Å². The van der Waals surface area contributed by atoms with Gasteiger partial charge in [0.2, 0.25) is 0 Å². The van der Waals surface area contributed by atoms with Crippen LogP contribution in [0.2, 0.25) is 0 Å². The van der Waals surface area contributed by atoms with Gasteiger partial charge in [0, 0.05) is 48.9 Å². The van der Waals surface area contributed by atoms with Crippen LogP contribution >= 0.6 is 54.5 Å². The van der Waals surface area contributed by atoms with Crippen molar-refractivity contribution in [2.45, 2.75) is 270 Å². The van der Waals surface area contributed by atoms with E-state index in [1.165, 1.54) is 248 Å². The maximum Gasteiger partial charge on any atom is 0.0708 e. The Morgan fingerprint density at radius 1 is 0.358 bits per heavy atom. The van der Waals surface area contributed by atoms with Crippen LogP contribution in [0.1, 0.15) is 275 Å². The maximum atomic E-state index is 4.07. The molecule has 0 aliphatic heterocycles. The van der Waals surface area contributed by atoms with Crippen molar-refractivity contribution in [2.75, 3.05) is 0 Å². The molecule has 0 unspecified atom stereocenters. The summed E-state index contributed by atoms with van der Waals surface area (Å²) < 4.78 is 5.44. The second-order valence-corrected chi connectivity index (χ2v) is 26.4. The standard InChI is InChI=1S/C62H91Br2NS2/c1-6-11-16-21-26-31-36-61(37-32-27-22-17-12-7-2)51-41-47-48-42-52-50(44-56(48)65(40-35-30-25-20-15-10-5)55(47)43-49(51)59-53(61)45-57(63)66-59)60-54(46-58(64)67-60)62(52,38-33-28-23-18-13-8-3)39-34-29-24-19-14-9-4/h41-46H,6-40H2,1-5H3. The van der Waals surface area contributed by atoms with Crippen molar-refractivity contribution in [3.05, 3.63) is 66.2 Å². The molecule has 0 radical (unpaired) electrons. The maximum absolute atomic E-state index is 4.07. The number of fused-ring (bicyclic) bond motifs is 9. The zero-order valence-corrected chi connectivity index (χ0v) is 48.0. The predicted octanol–water partition coefficient (Wildman–Crippen LogP) is 23.3. The molecule has 5 heteroatoms. The molecule has 1 nitrogen and oxygen atoms in total. The van der Waals surface area contributed by atoms with Crippen LogP contribution in [-0.4, -0.2) is 4.57 Å². The zero-order valence-electron chi connectivity index (χ0n) is 43.2. The number of hydrogen-bond acceptors (Lipinski definition) is 2. The topological polar surface area (TPSA) is 4.93 Å². The van der Waals surface area contributed by atoms with Crippen LogP contribution in [-0.2, 0) is 17.4 Å². The largest absolute Gasteiger partial charge is 0.340 e. The Bertz CT molecular complexity index is 2090. The Morgan fingerprint density at radius 2 is 0.657 bits per heavy atom. The van der Waals surface area contributed by atoms with Gasteiger partial charge in [-0.25, -0.2) is 0 Å². The number of halogens is 2. The Morgan fingerprint density at radius 3 is 0.985 bits per heavy atom. The number of unbranched alkanes of at least 4 members (excludes halogenated alkanes) is 25. The van der Waals surface area contributed by atoms with Crippen molar-refractivity contribution in [1.29, 1.82) is 0 Å². The van der Waals surface area contributed by atoms with Gasteiger partial charge in [-0.15, -0.1) is 22.7 Å². The van der Waals surface area contributed by atoms with Gasteiger partial charge in [-0.2, -0.15) is 0 Å². The summed E-state index contributed by atoms with van der Waals surface area (Å²) in [6.07, 6.45) is 45.7. The SMILES string of the molecule is CCCCCCCCn1c2cc3c(cc2c2cc4c(cc21)-c1sc(Br)cc1C4(CCCCCCCC)CCCCCCCC)C(CCCCCCCC)(CCCCCCCC)c1cc(Br)sc1-3. The van der Waals surface area contributed by atoms with E-state index in [1.54, 1.807) is 43.1 Å². The summed E-state index contributed by atoms with van der Waals surface area (Å²) in [6, 6.07) is 16.2. The average molecular weight is 1070 g/mol. The smallest absolute Gasteiger partial charge is 0.0708 e. The average Bonchev–Trinajstić information content (AvgIpc) is 4.10. The number of thiophene rings is 2. The van der Waals surface area contributed by atoms with Gasteiger partial charge in [0.1, 0.15) is 0 Å². The lowest BCUT2D eigenvalue weighted by Gasteiger charge is -2.33. The molecule has 0 spiro atoms. The molecule has 2 aliphatic rings. The summed E-state index contributed by atoms with van der Waals surface area (Å²) in [4.78, 5) is 3.12. The normalized spacial score (nSPS) is 14.4. The first kappa shape index (κ1) is 53.4. The molecule has 5 aromatic rings. The van der Waals surface area contributed by atoms with Gasteiger partial charge in [-0.3, -0.25) is 0 Å². The Kier molecular flexibility index (Phi) is 21.4. The Labute approximate surface area is 435 Å². The number of rotatable bonds is 35. The van der Waals surface area contributed by atoms with Crippen molar-refractivity contribution in [3.63, 3.8) is 0 Å². The fraction of sp³-hybridized carbons (Fsp3) is 0.677. The minimum absolute atomic E-state index is 0.0943. The molecule has 0 fully saturated rings. The molecule has 2 aliphatic carbocycles. The third kappa shape index (κ3) is 12.4. The third-order valence-electron chi connectivity index (χ3n) is 16.7. The summed E-state index contributed by atoms with van der Waals surface area (Å²) in [5, 5.41) is 3.08. The highest BCUT2D eigenvalue weighted by Crippen LogP contribution is 2.61. The Balaban J connectivity index is 1.37. The van der Waals surface area contributed by atoms with Crippen LogP contribution in [0.25, 0.3) is 42.7 Å². The van der Waals surface area contributed by atoms with E-state index in [2.05, 4.69) is 107 Å². The summed E-state index contributed by atoms with van der Waals surface area (Å²) in [7, 11) is 0. The van der Waals surface area contributed by atoms with E-state index in [9.17, 15) is 0 Å². The molecule has 0 bridgehead atoms. The zero-order chi connectivity index (χ0) is 47.1. The van der Waals surface area contributed by atoms with Gasteiger partial charge in [0.15, 0.2) is 0 Å². The summed E-state index contributed by atoms with van der Waals surface area (Å²) in [5.41, 5.74) is 12.9. The van der Waals surface area contributed by atoms with Gasteiger partial charge >= 0.3 is 0 Å². The second kappa shape index (κ2) is 26.9. The monoisotopic (exact) mass is 1070 g/mol. The van der Waals surface area contributed by atoms with Crippen molar-refractivity contribution in [1.82, 2.24) is 4.57 Å². The highest BCUT2D eigenvalue weighted by Gasteiger charge is 2.46. The van der Waals surface area contributed by atoms with Crippen LogP contribution in [0.15, 0.2) is 44.0 Å². The molecule has 67 heavy (non-hydrogen) atoms. The fourth-order valence-electron chi connectivity index (χ4n) is 12.9. The molecule has 3 aromatic heterocycles. The van der Waals surface area contributed by atoms with Gasteiger partial charge in [0.25, 0.3) is 0 Å². The Hall–Kier alpha value is -1.40. The summed E-state index contributed by atoms with van der Waals surface area (Å²) in [6.45, 7) is 12.9. The van der Waals surface area contributed by atoms with E-state index >= 15 is 0 Å². The quantitative estimate of drug-likeness (QED) is 0.0356. The van der Waals surface area contributed by atoms with E-state index in [0.717, 1.165) is 6.54 Å². The fourth-order valence-corrected chi connectivity index (χ4v) is 16.4. The highest BCUT2D eigenvalue weighted by molar-refractivity contribution is 9.11. The van der Waals surface area contributed by atoms with Crippen LogP contribution in [0.4, 0.5) is 0 Å². The van der Waals surface area contributed by atoms with Crippen molar-refractivity contribution in [3.8, 4) is 20.9 Å². The lowest BCUT2D eigenvalue weighted by molar-refractivity contribution is 0.398. The van der Waals surface area contributed by atoms with E-state index in [1.807, 2.05) is 22.7 Å². The lowest BCUT2D eigenvalue weighted by atomic mass is 9.70. The minimum Gasteiger partial charge on any atom is -0.340 e. The molecule has 370 valence electrons. The first-order chi connectivity index (χ1) is 32.9. The summed E-state index contributed by atoms with van der Waals surface area (Å²) >= 11 is 12.2. The molecular formula is C62H91Br2NS2. The van der Waals surface area contributed by atoms with Crippen molar-refractivity contribution >= 4 is 76.3 Å². The van der Waals surface area contributed by atoms with E-state index < -0.39 is 0 Å². The number of nitrogens with zero attached hydrogens (tertiary/aromatic N) is 1. The molecule has 0 saturated carbocycles. The predicted molar refractivity (Wildman–Crippen MR) is 308 cm³/mol. The second-order valence-electron chi connectivity index (χ2n) is 21.6. The van der Waals surface area contributed by atoms with Gasteiger partial charge < -0.3 is 4.57 Å². The molecule has 0 amide bonds. The van der Waals surface area contributed by atoms with Crippen LogP contribution in [0.3, 0.4) is 0 Å². The van der Waals surface area contributed by atoms with Crippen molar-refractivity contribution in [2.24, 2.45) is 0 Å². The number of aryl methyl sites for hydroxylation is 1. The first-order valence-electron chi connectivity index (χ1n) is 28.6. The molecule has 0 saturated heterocycles. The van der Waals surface area contributed by atoms with Gasteiger partial charge in [0.05, 0.1) is 7.57 Å². The van der Waals surface area contributed by atoms with Crippen LogP contribution < -0.4 is 0 Å². The van der Waals surface area contributed by atoms with Crippen LogP contribution in [0, 0.1) is 0 Å². The molecular weight excluding hydrogens is 983 g/mol. The number of hydrogen-bond donors (Lipinski definition) is 0. The number of benzene rings is 2. The third-order valence-corrected chi connectivity index (χ3v) is 20.0. The van der Waals surface area contributed by atoms with Crippen molar-refractivity contribution < 1.29 is 0 Å². The van der Waals surface area contributed by atoms with E-state index in [4.69, 9.17) is 0 Å². The molecule has 2 aromatic carbocycles. The number of aromatic nitrogens is 1. The lowest BCUT2D eigenvalue weighted by Crippen LogP contribution is -2.25. The minimum atomic E-state index is 0.0943. The molecule has 0 N–H and O–H groups in total. The molecule has 7 rings (SSSR count). The van der Waals surface area contributed by atoms with Crippen LogP contribution in [0.5, 0.6) is 0 Å². The van der Waals surface area contributed by atoms with E-state index in [-0.39, 0.29) is 10.8 Å².